The van der Waals surface area contributed by atoms with Gasteiger partial charge in [0.05, 0.1) is 0 Å². The van der Waals surface area contributed by atoms with E-state index < -0.39 is 6.10 Å². The molecule has 0 saturated carbocycles. The summed E-state index contributed by atoms with van der Waals surface area (Å²) in [5.41, 5.74) is 2.36. The molecule has 0 radical (unpaired) electrons. The van der Waals surface area contributed by atoms with Gasteiger partial charge >= 0.3 is 0 Å². The maximum Gasteiger partial charge on any atom is 0.122 e. The Bertz CT molecular complexity index is 451. The molecule has 1 aliphatic heterocycles. The topological polar surface area (TPSA) is 32.7 Å². The quantitative estimate of drug-likeness (QED) is 0.903. The Hall–Kier alpha value is -1.06. The van der Waals surface area contributed by atoms with Crippen molar-refractivity contribution in [3.63, 3.8) is 0 Å². The Balaban J connectivity index is 1.85. The molecule has 3 heteroatoms. The monoisotopic (exact) mass is 291 g/mol. The Kier molecular flexibility index (Phi) is 5.65. The van der Waals surface area contributed by atoms with Crippen LogP contribution in [0.4, 0.5) is 0 Å². The molecule has 3 nitrogen and oxygen atoms in total. The Morgan fingerprint density at radius 1 is 1.24 bits per heavy atom. The summed E-state index contributed by atoms with van der Waals surface area (Å²) in [7, 11) is 0. The highest BCUT2D eigenvalue weighted by atomic mass is 16.5. The summed E-state index contributed by atoms with van der Waals surface area (Å²) in [6, 6.07) is 7.26. The molecule has 0 aromatic heterocycles. The average molecular weight is 291 g/mol. The molecule has 3 atom stereocenters. The largest absolute Gasteiger partial charge is 0.491 e. The average Bonchev–Trinajstić information content (AvgIpc) is 2.42. The van der Waals surface area contributed by atoms with Crippen LogP contribution in [0.15, 0.2) is 18.2 Å². The van der Waals surface area contributed by atoms with Crippen molar-refractivity contribution < 1.29 is 9.84 Å². The van der Waals surface area contributed by atoms with Gasteiger partial charge < -0.3 is 9.84 Å². The summed E-state index contributed by atoms with van der Waals surface area (Å²) in [5, 5.41) is 10.3. The number of aliphatic hydroxyl groups is 1. The van der Waals surface area contributed by atoms with Crippen molar-refractivity contribution in [3.05, 3.63) is 29.3 Å². The molecule has 2 rings (SSSR count). The second-order valence-electron chi connectivity index (χ2n) is 6.56. The van der Waals surface area contributed by atoms with Gasteiger partial charge in [0.15, 0.2) is 0 Å². The normalized spacial score (nSPS) is 24.8. The lowest BCUT2D eigenvalue weighted by Gasteiger charge is -2.40. The Labute approximate surface area is 128 Å². The highest BCUT2D eigenvalue weighted by Gasteiger charge is 2.26. The second kappa shape index (κ2) is 7.28. The number of aryl methyl sites for hydroxylation is 2. The van der Waals surface area contributed by atoms with E-state index in [4.69, 9.17) is 4.74 Å². The minimum absolute atomic E-state index is 0.361. The molecular formula is C18H29NO2. The number of hydrogen-bond acceptors (Lipinski definition) is 3. The summed E-state index contributed by atoms with van der Waals surface area (Å²) in [6.45, 7) is 9.70. The van der Waals surface area contributed by atoms with Gasteiger partial charge in [0.1, 0.15) is 18.5 Å². The first-order valence-corrected chi connectivity index (χ1v) is 8.11. The van der Waals surface area contributed by atoms with Crippen molar-refractivity contribution in [2.75, 3.05) is 13.2 Å². The lowest BCUT2D eigenvalue weighted by atomic mass is 9.97. The van der Waals surface area contributed by atoms with Gasteiger partial charge in [-0.15, -0.1) is 0 Å². The van der Waals surface area contributed by atoms with Gasteiger partial charge in [0, 0.05) is 18.6 Å². The third-order valence-corrected chi connectivity index (χ3v) is 4.56. The maximum atomic E-state index is 10.3. The molecule has 21 heavy (non-hydrogen) atoms. The molecule has 118 valence electrons. The summed E-state index contributed by atoms with van der Waals surface area (Å²) in [6.07, 6.45) is 3.33. The van der Waals surface area contributed by atoms with Crippen LogP contribution in [0.25, 0.3) is 0 Å². The highest BCUT2D eigenvalue weighted by molar-refractivity contribution is 5.35. The lowest BCUT2D eigenvalue weighted by Crippen LogP contribution is -2.48. The van der Waals surface area contributed by atoms with Gasteiger partial charge in [-0.2, -0.15) is 0 Å². The molecule has 1 saturated heterocycles. The predicted octanol–water partition coefficient (Wildman–Crippen LogP) is 3.31. The van der Waals surface area contributed by atoms with E-state index in [1.807, 2.05) is 19.1 Å². The van der Waals surface area contributed by atoms with E-state index in [-0.39, 0.29) is 0 Å². The van der Waals surface area contributed by atoms with Crippen LogP contribution in [0.5, 0.6) is 5.75 Å². The van der Waals surface area contributed by atoms with Crippen molar-refractivity contribution in [2.45, 2.75) is 65.1 Å². The predicted molar refractivity (Wildman–Crippen MR) is 86.9 cm³/mol. The zero-order valence-electron chi connectivity index (χ0n) is 13.8. The number of rotatable bonds is 5. The molecule has 1 aromatic rings. The molecule has 1 heterocycles. The van der Waals surface area contributed by atoms with Crippen molar-refractivity contribution >= 4 is 0 Å². The van der Waals surface area contributed by atoms with Gasteiger partial charge in [0.2, 0.25) is 0 Å². The minimum Gasteiger partial charge on any atom is -0.491 e. The smallest absolute Gasteiger partial charge is 0.122 e. The zero-order chi connectivity index (χ0) is 15.4. The van der Waals surface area contributed by atoms with Crippen LogP contribution in [-0.2, 0) is 0 Å². The van der Waals surface area contributed by atoms with E-state index in [0.29, 0.717) is 25.2 Å². The molecule has 0 bridgehead atoms. The molecule has 0 unspecified atom stereocenters. The van der Waals surface area contributed by atoms with Gasteiger partial charge in [0.25, 0.3) is 0 Å². The third-order valence-electron chi connectivity index (χ3n) is 4.56. The van der Waals surface area contributed by atoms with Gasteiger partial charge in [-0.3, -0.25) is 4.90 Å². The fourth-order valence-electron chi connectivity index (χ4n) is 3.28. The van der Waals surface area contributed by atoms with Crippen LogP contribution >= 0.6 is 0 Å². The standard InChI is InChI=1S/C18H29NO2/c1-13-8-9-18(14(2)10-13)21-12-17(20)11-19-15(3)6-5-7-16(19)4/h8-10,15-17,20H,5-7,11-12H2,1-4H3/t15-,16-,17-/m1/s1. The van der Waals surface area contributed by atoms with Gasteiger partial charge in [-0.1, -0.05) is 24.1 Å². The maximum absolute atomic E-state index is 10.3. The number of β-amino-alcohol motifs (C(OH)–C–C–N with tert-alkyl or cyclic N) is 1. The highest BCUT2D eigenvalue weighted by Crippen LogP contribution is 2.23. The van der Waals surface area contributed by atoms with Crippen LogP contribution < -0.4 is 4.74 Å². The molecule has 1 aliphatic rings. The van der Waals surface area contributed by atoms with Crippen molar-refractivity contribution in [2.24, 2.45) is 0 Å². The molecule has 1 aromatic carbocycles. The fraction of sp³-hybridized carbons (Fsp3) is 0.667. The van der Waals surface area contributed by atoms with Crippen LogP contribution in [0.2, 0.25) is 0 Å². The molecule has 0 amide bonds. The van der Waals surface area contributed by atoms with E-state index in [1.54, 1.807) is 0 Å². The minimum atomic E-state index is -0.436. The number of benzene rings is 1. The van der Waals surface area contributed by atoms with Crippen LogP contribution in [0, 0.1) is 13.8 Å². The molecular weight excluding hydrogens is 262 g/mol. The van der Waals surface area contributed by atoms with E-state index in [2.05, 4.69) is 31.7 Å². The third kappa shape index (κ3) is 4.45. The first kappa shape index (κ1) is 16.3. The van der Waals surface area contributed by atoms with E-state index in [1.165, 1.54) is 24.8 Å². The number of likely N-dealkylation sites (tertiary alicyclic amines) is 1. The van der Waals surface area contributed by atoms with Crippen molar-refractivity contribution in [1.29, 1.82) is 0 Å². The van der Waals surface area contributed by atoms with Crippen molar-refractivity contribution in [1.82, 2.24) is 4.90 Å². The lowest BCUT2D eigenvalue weighted by molar-refractivity contribution is 0.0208. The first-order chi connectivity index (χ1) is 9.97. The van der Waals surface area contributed by atoms with Crippen LogP contribution in [0.3, 0.4) is 0 Å². The molecule has 1 N–H and O–H groups in total. The number of ether oxygens (including phenoxy) is 1. The number of piperidine rings is 1. The van der Waals surface area contributed by atoms with Gasteiger partial charge in [-0.25, -0.2) is 0 Å². The molecule has 0 aliphatic carbocycles. The first-order valence-electron chi connectivity index (χ1n) is 8.11. The summed E-state index contributed by atoms with van der Waals surface area (Å²) in [5.74, 6) is 0.874. The summed E-state index contributed by atoms with van der Waals surface area (Å²) < 4.78 is 5.79. The van der Waals surface area contributed by atoms with E-state index >= 15 is 0 Å². The molecule has 0 spiro atoms. The van der Waals surface area contributed by atoms with E-state index in [9.17, 15) is 5.11 Å². The number of nitrogens with zero attached hydrogens (tertiary/aromatic N) is 1. The Morgan fingerprint density at radius 3 is 2.52 bits per heavy atom. The molecule has 1 fully saturated rings. The SMILES string of the molecule is Cc1ccc(OC[C@H](O)CN2[C@H](C)CCC[C@H]2C)c(C)c1. The van der Waals surface area contributed by atoms with Gasteiger partial charge in [-0.05, 0) is 52.2 Å². The summed E-state index contributed by atoms with van der Waals surface area (Å²) >= 11 is 0. The fourth-order valence-corrected chi connectivity index (χ4v) is 3.28. The van der Waals surface area contributed by atoms with Crippen LogP contribution in [-0.4, -0.2) is 41.3 Å². The van der Waals surface area contributed by atoms with E-state index in [0.717, 1.165) is 11.3 Å². The summed E-state index contributed by atoms with van der Waals surface area (Å²) in [4.78, 5) is 2.42. The zero-order valence-corrected chi connectivity index (χ0v) is 13.8. The number of aliphatic hydroxyl groups excluding tert-OH is 1. The van der Waals surface area contributed by atoms with Crippen molar-refractivity contribution in [3.8, 4) is 5.75 Å². The second-order valence-corrected chi connectivity index (χ2v) is 6.56. The Morgan fingerprint density at radius 2 is 1.90 bits per heavy atom. The number of hydrogen-bond donors (Lipinski definition) is 1. The van der Waals surface area contributed by atoms with Crippen LogP contribution in [0.1, 0.15) is 44.2 Å².